The van der Waals surface area contributed by atoms with Gasteiger partial charge in [0.25, 0.3) is 0 Å². The third-order valence-electron chi connectivity index (χ3n) is 2.74. The van der Waals surface area contributed by atoms with Gasteiger partial charge in [-0.15, -0.1) is 11.8 Å². The Kier molecular flexibility index (Phi) is 3.10. The number of hydrogen-bond acceptors (Lipinski definition) is 2. The van der Waals surface area contributed by atoms with Gasteiger partial charge in [0, 0.05) is 21.3 Å². The van der Waals surface area contributed by atoms with Crippen molar-refractivity contribution in [1.29, 1.82) is 0 Å². The van der Waals surface area contributed by atoms with E-state index in [1.165, 1.54) is 6.07 Å². The molecule has 1 nitrogen and oxygen atoms in total. The molecule has 1 unspecified atom stereocenters. The maximum atomic E-state index is 13.9. The highest BCUT2D eigenvalue weighted by atomic mass is 79.9. The fraction of sp³-hybridized carbons (Fsp3) is 0.500. The lowest BCUT2D eigenvalue weighted by atomic mass is 10.0. The van der Waals surface area contributed by atoms with E-state index in [1.807, 2.05) is 19.1 Å². The Labute approximate surface area is 108 Å². The van der Waals surface area contributed by atoms with Gasteiger partial charge < -0.3 is 0 Å². The zero-order chi connectivity index (χ0) is 12.0. The van der Waals surface area contributed by atoms with Crippen molar-refractivity contribution >= 4 is 27.7 Å². The predicted molar refractivity (Wildman–Crippen MR) is 71.1 cm³/mol. The highest BCUT2D eigenvalue weighted by molar-refractivity contribution is 9.10. The fourth-order valence-corrected chi connectivity index (χ4v) is 3.79. The van der Waals surface area contributed by atoms with Crippen molar-refractivity contribution in [1.82, 2.24) is 5.32 Å². The minimum absolute atomic E-state index is 0.0545. The first-order valence-electron chi connectivity index (χ1n) is 5.21. The Morgan fingerprint density at radius 2 is 2.06 bits per heavy atom. The number of halogens is 2. The van der Waals surface area contributed by atoms with Crippen LogP contribution in [0.3, 0.4) is 0 Å². The quantitative estimate of drug-likeness (QED) is 0.845. The first-order valence-corrected chi connectivity index (χ1v) is 6.99. The van der Waals surface area contributed by atoms with Crippen molar-refractivity contribution < 1.29 is 4.39 Å². The fourth-order valence-electron chi connectivity index (χ4n) is 2.06. The lowest BCUT2D eigenvalue weighted by Gasteiger charge is -2.28. The summed E-state index contributed by atoms with van der Waals surface area (Å²) < 4.78 is 14.7. The van der Waals surface area contributed by atoms with Gasteiger partial charge in [0.15, 0.2) is 0 Å². The average molecular weight is 304 g/mol. The Bertz CT molecular complexity index is 421. The van der Waals surface area contributed by atoms with Gasteiger partial charge >= 0.3 is 0 Å². The molecule has 1 saturated heterocycles. The highest BCUT2D eigenvalue weighted by Crippen LogP contribution is 2.43. The summed E-state index contributed by atoms with van der Waals surface area (Å²) >= 11 is 5.04. The van der Waals surface area contributed by atoms with Gasteiger partial charge in [-0.2, -0.15) is 0 Å². The van der Waals surface area contributed by atoms with Crippen LogP contribution in [0.4, 0.5) is 4.39 Å². The molecule has 1 aromatic carbocycles. The molecular formula is C12H15BrFNS. The molecule has 1 N–H and O–H groups in total. The highest BCUT2D eigenvalue weighted by Gasteiger charge is 2.42. The number of thioether (sulfide) groups is 1. The van der Waals surface area contributed by atoms with Gasteiger partial charge in [0.2, 0.25) is 0 Å². The average Bonchev–Trinajstić information content (AvgIpc) is 2.41. The van der Waals surface area contributed by atoms with E-state index in [0.29, 0.717) is 0 Å². The van der Waals surface area contributed by atoms with Crippen molar-refractivity contribution in [2.24, 2.45) is 0 Å². The molecule has 16 heavy (non-hydrogen) atoms. The normalized spacial score (nSPS) is 28.3. The van der Waals surface area contributed by atoms with Crippen LogP contribution in [0.5, 0.6) is 0 Å². The third-order valence-corrected chi connectivity index (χ3v) is 5.00. The van der Waals surface area contributed by atoms with E-state index in [4.69, 9.17) is 0 Å². The monoisotopic (exact) mass is 303 g/mol. The van der Waals surface area contributed by atoms with Gasteiger partial charge in [0.05, 0.1) is 4.87 Å². The lowest BCUT2D eigenvalue weighted by molar-refractivity contribution is 0.379. The van der Waals surface area contributed by atoms with Crippen LogP contribution in [-0.4, -0.2) is 11.3 Å². The Morgan fingerprint density at radius 1 is 1.38 bits per heavy atom. The Hall–Kier alpha value is -0.0600. The standard InChI is InChI=1S/C12H15BrFNS/c1-11(2)7-16-12(3,15-11)9-5-4-8(13)6-10(9)14/h4-6,15H,7H2,1-3H3. The van der Waals surface area contributed by atoms with Crippen LogP contribution in [0, 0.1) is 5.82 Å². The molecule has 0 saturated carbocycles. The maximum Gasteiger partial charge on any atom is 0.130 e. The molecule has 0 aliphatic carbocycles. The second kappa shape index (κ2) is 4.00. The molecule has 1 aliphatic rings. The van der Waals surface area contributed by atoms with Crippen molar-refractivity contribution in [3.8, 4) is 0 Å². The first-order chi connectivity index (χ1) is 7.32. The van der Waals surface area contributed by atoms with Crippen molar-refractivity contribution in [2.45, 2.75) is 31.2 Å². The lowest BCUT2D eigenvalue weighted by Crippen LogP contribution is -2.44. The Morgan fingerprint density at radius 3 is 2.56 bits per heavy atom. The summed E-state index contributed by atoms with van der Waals surface area (Å²) in [6.45, 7) is 6.32. The summed E-state index contributed by atoms with van der Waals surface area (Å²) in [5.41, 5.74) is 0.783. The van der Waals surface area contributed by atoms with E-state index in [9.17, 15) is 4.39 Å². The number of nitrogens with one attached hydrogen (secondary N) is 1. The van der Waals surface area contributed by atoms with Crippen molar-refractivity contribution in [2.75, 3.05) is 5.75 Å². The molecule has 0 bridgehead atoms. The van der Waals surface area contributed by atoms with E-state index >= 15 is 0 Å². The number of rotatable bonds is 1. The topological polar surface area (TPSA) is 12.0 Å². The van der Waals surface area contributed by atoms with Gasteiger partial charge in [-0.25, -0.2) is 4.39 Å². The molecule has 0 aromatic heterocycles. The van der Waals surface area contributed by atoms with Crippen molar-refractivity contribution in [3.05, 3.63) is 34.1 Å². The van der Waals surface area contributed by atoms with Gasteiger partial charge in [-0.1, -0.05) is 22.0 Å². The molecule has 1 aromatic rings. The minimum atomic E-state index is -0.325. The van der Waals surface area contributed by atoms with E-state index in [2.05, 4.69) is 35.1 Å². The van der Waals surface area contributed by atoms with Crippen LogP contribution >= 0.6 is 27.7 Å². The summed E-state index contributed by atoms with van der Waals surface area (Å²) in [5.74, 6) is 0.827. The molecule has 0 amide bonds. The van der Waals surface area contributed by atoms with E-state index in [-0.39, 0.29) is 16.2 Å². The molecule has 4 heteroatoms. The van der Waals surface area contributed by atoms with E-state index in [0.717, 1.165) is 15.8 Å². The second-order valence-corrected chi connectivity index (χ2v) is 7.26. The maximum absolute atomic E-state index is 13.9. The van der Waals surface area contributed by atoms with Gasteiger partial charge in [0.1, 0.15) is 5.82 Å². The molecule has 1 aliphatic heterocycles. The molecule has 1 heterocycles. The zero-order valence-electron chi connectivity index (χ0n) is 9.60. The molecule has 1 fully saturated rings. The van der Waals surface area contributed by atoms with Crippen LogP contribution < -0.4 is 5.32 Å². The summed E-state index contributed by atoms with van der Waals surface area (Å²) in [4.78, 5) is -0.325. The molecule has 0 radical (unpaired) electrons. The third kappa shape index (κ3) is 2.29. The van der Waals surface area contributed by atoms with E-state index < -0.39 is 0 Å². The largest absolute Gasteiger partial charge is 0.293 e. The first kappa shape index (κ1) is 12.4. The smallest absolute Gasteiger partial charge is 0.130 e. The molecule has 2 rings (SSSR count). The molecule has 88 valence electrons. The van der Waals surface area contributed by atoms with Crippen molar-refractivity contribution in [3.63, 3.8) is 0 Å². The summed E-state index contributed by atoms with van der Waals surface area (Å²) in [6.07, 6.45) is 0. The van der Waals surface area contributed by atoms with Crippen LogP contribution in [0.2, 0.25) is 0 Å². The number of benzene rings is 1. The summed E-state index contributed by atoms with van der Waals surface area (Å²) in [6, 6.07) is 5.26. The van der Waals surface area contributed by atoms with Gasteiger partial charge in [-0.05, 0) is 32.9 Å². The second-order valence-electron chi connectivity index (χ2n) is 4.95. The van der Waals surface area contributed by atoms with Crippen LogP contribution in [0.1, 0.15) is 26.3 Å². The molecule has 1 atom stereocenters. The zero-order valence-corrected chi connectivity index (χ0v) is 12.0. The SMILES string of the molecule is CC1(C)CSC(C)(c2ccc(Br)cc2F)N1. The van der Waals surface area contributed by atoms with Crippen LogP contribution in [0.15, 0.2) is 22.7 Å². The van der Waals surface area contributed by atoms with Gasteiger partial charge in [-0.3, -0.25) is 5.32 Å². The predicted octanol–water partition coefficient (Wildman–Crippen LogP) is 3.88. The minimum Gasteiger partial charge on any atom is -0.293 e. The molecular weight excluding hydrogens is 289 g/mol. The number of hydrogen-bond donors (Lipinski definition) is 1. The summed E-state index contributed by atoms with van der Waals surface area (Å²) in [7, 11) is 0. The summed E-state index contributed by atoms with van der Waals surface area (Å²) in [5, 5.41) is 3.49. The molecule has 0 spiro atoms. The Balaban J connectivity index is 2.38. The van der Waals surface area contributed by atoms with Crippen LogP contribution in [0.25, 0.3) is 0 Å². The van der Waals surface area contributed by atoms with Crippen LogP contribution in [-0.2, 0) is 4.87 Å². The van der Waals surface area contributed by atoms with E-state index in [1.54, 1.807) is 11.8 Å².